The molecule has 4 rings (SSSR count). The molecule has 0 fully saturated rings. The predicted molar refractivity (Wildman–Crippen MR) is 96.9 cm³/mol. The fourth-order valence-corrected chi connectivity index (χ4v) is 3.22. The maximum absolute atomic E-state index is 5.71. The molecule has 1 aromatic carbocycles. The van der Waals surface area contributed by atoms with Gasteiger partial charge in [-0.25, -0.2) is 9.97 Å². The number of ether oxygens (including phenoxy) is 1. The van der Waals surface area contributed by atoms with Crippen molar-refractivity contribution in [3.8, 4) is 11.6 Å². The fraction of sp³-hybridized carbons (Fsp3) is 0.300. The quantitative estimate of drug-likeness (QED) is 0.776. The van der Waals surface area contributed by atoms with E-state index in [4.69, 9.17) is 4.74 Å². The van der Waals surface area contributed by atoms with Gasteiger partial charge in [0.1, 0.15) is 17.9 Å². The minimum absolute atomic E-state index is 0.253. The van der Waals surface area contributed by atoms with Crippen LogP contribution in [0.25, 0.3) is 5.82 Å². The molecule has 1 atom stereocenters. The summed E-state index contributed by atoms with van der Waals surface area (Å²) >= 11 is 0. The fourth-order valence-electron chi connectivity index (χ4n) is 3.22. The Kier molecular flexibility index (Phi) is 4.48. The van der Waals surface area contributed by atoms with Crippen molar-refractivity contribution >= 4 is 0 Å². The first-order valence-corrected chi connectivity index (χ1v) is 8.72. The molecule has 0 aliphatic carbocycles. The van der Waals surface area contributed by atoms with Gasteiger partial charge < -0.3 is 10.1 Å². The second kappa shape index (κ2) is 7.07. The normalized spacial score (nSPS) is 14.6. The molecule has 1 aliphatic heterocycles. The second-order valence-electron chi connectivity index (χ2n) is 6.38. The van der Waals surface area contributed by atoms with Crippen molar-refractivity contribution in [1.29, 1.82) is 0 Å². The number of rotatable bonds is 5. The summed E-state index contributed by atoms with van der Waals surface area (Å²) in [5.41, 5.74) is 3.75. The molecule has 5 nitrogen and oxygen atoms in total. The molecule has 0 saturated heterocycles. The number of aryl methyl sites for hydroxylation is 1. The minimum Gasteiger partial charge on any atom is -0.493 e. The van der Waals surface area contributed by atoms with Gasteiger partial charge in [0.15, 0.2) is 0 Å². The zero-order chi connectivity index (χ0) is 17.1. The maximum atomic E-state index is 5.71. The molecule has 3 aromatic rings. The minimum atomic E-state index is 0.253. The lowest BCUT2D eigenvalue weighted by Gasteiger charge is -2.21. The van der Waals surface area contributed by atoms with E-state index in [1.165, 1.54) is 11.1 Å². The van der Waals surface area contributed by atoms with Gasteiger partial charge >= 0.3 is 0 Å². The third-order valence-electron chi connectivity index (χ3n) is 4.65. The van der Waals surface area contributed by atoms with Gasteiger partial charge in [-0.3, -0.25) is 4.57 Å². The molecule has 1 aliphatic rings. The lowest BCUT2D eigenvalue weighted by Crippen LogP contribution is -2.20. The number of imidazole rings is 1. The van der Waals surface area contributed by atoms with E-state index in [-0.39, 0.29) is 6.04 Å². The van der Waals surface area contributed by atoms with E-state index in [0.29, 0.717) is 0 Å². The zero-order valence-electron chi connectivity index (χ0n) is 14.4. The van der Waals surface area contributed by atoms with E-state index >= 15 is 0 Å². The largest absolute Gasteiger partial charge is 0.493 e. The number of hydrogen-bond acceptors (Lipinski definition) is 4. The molecular formula is C20H22N4O. The van der Waals surface area contributed by atoms with E-state index in [1.54, 1.807) is 12.5 Å². The first-order valence-electron chi connectivity index (χ1n) is 8.72. The Balaban J connectivity index is 1.48. The molecule has 3 heterocycles. The van der Waals surface area contributed by atoms with Crippen molar-refractivity contribution < 1.29 is 4.74 Å². The second-order valence-corrected chi connectivity index (χ2v) is 6.38. The van der Waals surface area contributed by atoms with Crippen molar-refractivity contribution in [3.05, 3.63) is 71.9 Å². The maximum Gasteiger partial charge on any atom is 0.142 e. The van der Waals surface area contributed by atoms with Gasteiger partial charge in [-0.1, -0.05) is 18.2 Å². The molecular weight excluding hydrogens is 312 g/mol. The predicted octanol–water partition coefficient (Wildman–Crippen LogP) is 3.44. The molecule has 0 bridgehead atoms. The van der Waals surface area contributed by atoms with Crippen LogP contribution in [0.3, 0.4) is 0 Å². The van der Waals surface area contributed by atoms with Crippen molar-refractivity contribution in [3.63, 3.8) is 0 Å². The van der Waals surface area contributed by atoms with Gasteiger partial charge in [-0.2, -0.15) is 0 Å². The summed E-state index contributed by atoms with van der Waals surface area (Å²) in [6.07, 6.45) is 9.47. The molecule has 1 N–H and O–H groups in total. The summed E-state index contributed by atoms with van der Waals surface area (Å²) in [6.45, 7) is 3.77. The van der Waals surface area contributed by atoms with Gasteiger partial charge in [-0.15, -0.1) is 0 Å². The average molecular weight is 334 g/mol. The van der Waals surface area contributed by atoms with Crippen LogP contribution in [0.2, 0.25) is 0 Å². The number of aromatic nitrogens is 3. The number of nitrogens with one attached hydrogen (secondary N) is 1. The van der Waals surface area contributed by atoms with E-state index in [2.05, 4.69) is 46.5 Å². The van der Waals surface area contributed by atoms with E-state index in [9.17, 15) is 0 Å². The highest BCUT2D eigenvalue weighted by molar-refractivity contribution is 5.40. The van der Waals surface area contributed by atoms with E-state index in [0.717, 1.165) is 43.1 Å². The molecule has 0 saturated carbocycles. The summed E-state index contributed by atoms with van der Waals surface area (Å²) in [5, 5.41) is 3.61. The Labute approximate surface area is 147 Å². The van der Waals surface area contributed by atoms with Gasteiger partial charge in [-0.05, 0) is 43.0 Å². The Morgan fingerprint density at radius 1 is 1.28 bits per heavy atom. The summed E-state index contributed by atoms with van der Waals surface area (Å²) in [7, 11) is 0. The number of fused-ring (bicyclic) bond motifs is 1. The summed E-state index contributed by atoms with van der Waals surface area (Å²) in [5.74, 6) is 1.95. The van der Waals surface area contributed by atoms with Gasteiger partial charge in [0, 0.05) is 36.7 Å². The molecule has 1 unspecified atom stereocenters. The molecule has 0 radical (unpaired) electrons. The van der Waals surface area contributed by atoms with Crippen LogP contribution in [0.4, 0.5) is 0 Å². The van der Waals surface area contributed by atoms with Gasteiger partial charge in [0.05, 0.1) is 6.61 Å². The highest BCUT2D eigenvalue weighted by Gasteiger charge is 2.14. The summed E-state index contributed by atoms with van der Waals surface area (Å²) in [6, 6.07) is 10.8. The SMILES string of the molecule is CC(NCc1cccnc1-n1ccnc1)c1ccc2c(c1)CCCO2. The highest BCUT2D eigenvalue weighted by atomic mass is 16.5. The Hall–Kier alpha value is -2.66. The van der Waals surface area contributed by atoms with E-state index < -0.39 is 0 Å². The van der Waals surface area contributed by atoms with Crippen LogP contribution in [0.5, 0.6) is 5.75 Å². The van der Waals surface area contributed by atoms with Crippen molar-refractivity contribution in [2.24, 2.45) is 0 Å². The van der Waals surface area contributed by atoms with Crippen LogP contribution >= 0.6 is 0 Å². The van der Waals surface area contributed by atoms with Crippen LogP contribution in [0.1, 0.15) is 36.1 Å². The smallest absolute Gasteiger partial charge is 0.142 e. The molecule has 25 heavy (non-hydrogen) atoms. The average Bonchev–Trinajstić information content (AvgIpc) is 3.20. The number of pyridine rings is 1. The third-order valence-corrected chi connectivity index (χ3v) is 4.65. The molecule has 0 spiro atoms. The first-order chi connectivity index (χ1) is 12.3. The van der Waals surface area contributed by atoms with Crippen molar-refractivity contribution in [2.75, 3.05) is 6.61 Å². The zero-order valence-corrected chi connectivity index (χ0v) is 14.4. The van der Waals surface area contributed by atoms with Gasteiger partial charge in [0.25, 0.3) is 0 Å². The number of benzene rings is 1. The topological polar surface area (TPSA) is 52.0 Å². The highest BCUT2D eigenvalue weighted by Crippen LogP contribution is 2.28. The van der Waals surface area contributed by atoms with Gasteiger partial charge in [0.2, 0.25) is 0 Å². The Morgan fingerprint density at radius 2 is 2.24 bits per heavy atom. The van der Waals surface area contributed by atoms with E-state index in [1.807, 2.05) is 23.0 Å². The first kappa shape index (κ1) is 15.8. The Morgan fingerprint density at radius 3 is 3.12 bits per heavy atom. The lowest BCUT2D eigenvalue weighted by atomic mass is 10.00. The standard InChI is InChI=1S/C20H22N4O/c1-15(16-6-7-19-17(12-16)5-3-11-25-19)23-13-18-4-2-8-22-20(18)24-10-9-21-14-24/h2,4,6-10,12,14-15,23H,3,5,11,13H2,1H3. The van der Waals surface area contributed by atoms with Crippen LogP contribution in [-0.4, -0.2) is 21.1 Å². The van der Waals surface area contributed by atoms with Crippen LogP contribution in [0, 0.1) is 0 Å². The monoisotopic (exact) mass is 334 g/mol. The number of hydrogen-bond donors (Lipinski definition) is 1. The molecule has 2 aromatic heterocycles. The van der Waals surface area contributed by atoms with Crippen LogP contribution in [0.15, 0.2) is 55.2 Å². The van der Waals surface area contributed by atoms with Crippen LogP contribution in [-0.2, 0) is 13.0 Å². The summed E-state index contributed by atoms with van der Waals surface area (Å²) < 4.78 is 7.65. The lowest BCUT2D eigenvalue weighted by molar-refractivity contribution is 0.288. The van der Waals surface area contributed by atoms with Crippen LogP contribution < -0.4 is 10.1 Å². The Bertz CT molecular complexity index is 845. The van der Waals surface area contributed by atoms with Crippen molar-refractivity contribution in [1.82, 2.24) is 19.9 Å². The number of nitrogens with zero attached hydrogens (tertiary/aromatic N) is 3. The van der Waals surface area contributed by atoms with Crippen molar-refractivity contribution in [2.45, 2.75) is 32.4 Å². The molecule has 5 heteroatoms. The molecule has 0 amide bonds. The molecule has 128 valence electrons. The summed E-state index contributed by atoms with van der Waals surface area (Å²) in [4.78, 5) is 8.61. The third kappa shape index (κ3) is 3.42.